The Bertz CT molecular complexity index is 2680. The topological polar surface area (TPSA) is 362 Å². The van der Waals surface area contributed by atoms with Gasteiger partial charge in [-0.15, -0.1) is 0 Å². The molecule has 0 aliphatic heterocycles. The molecular weight excluding hydrogens is 983 g/mol. The predicted molar refractivity (Wildman–Crippen MR) is 241 cm³/mol. The lowest BCUT2D eigenvalue weighted by molar-refractivity contribution is -0.140. The van der Waals surface area contributed by atoms with Crippen LogP contribution < -0.4 is 37.0 Å². The lowest BCUT2D eigenvalue weighted by Gasteiger charge is -2.25. The van der Waals surface area contributed by atoms with Gasteiger partial charge in [0.1, 0.15) is 36.0 Å². The van der Waals surface area contributed by atoms with Crippen molar-refractivity contribution in [1.29, 1.82) is 0 Å². The number of fused-ring (bicyclic) bond motifs is 1. The van der Waals surface area contributed by atoms with Crippen LogP contribution >= 0.6 is 15.9 Å². The average Bonchev–Trinajstić information content (AvgIpc) is 3.66. The summed E-state index contributed by atoms with van der Waals surface area (Å²) in [4.78, 5) is 118. The van der Waals surface area contributed by atoms with E-state index in [0.717, 1.165) is 12.1 Å². The van der Waals surface area contributed by atoms with Crippen LogP contribution in [-0.4, -0.2) is 119 Å². The van der Waals surface area contributed by atoms with Gasteiger partial charge in [0.2, 0.25) is 45.5 Å². The number of halogens is 2. The number of para-hydroxylation sites is 1. The number of carbonyl (C=O) groups excluding carboxylic acids is 6. The largest absolute Gasteiger partial charge is 0.481 e. The highest BCUT2D eigenvalue weighted by Gasteiger charge is 2.34. The van der Waals surface area contributed by atoms with Gasteiger partial charge in [0.15, 0.2) is 0 Å². The van der Waals surface area contributed by atoms with Gasteiger partial charge >= 0.3 is 17.9 Å². The molecule has 0 aliphatic rings. The highest BCUT2D eigenvalue weighted by atomic mass is 79.9. The lowest BCUT2D eigenvalue weighted by Crippen LogP contribution is -2.58. The number of carbonyl (C=O) groups is 9. The number of rotatable bonds is 26. The molecule has 5 atom stereocenters. The van der Waals surface area contributed by atoms with Gasteiger partial charge in [-0.2, -0.15) is 4.72 Å². The summed E-state index contributed by atoms with van der Waals surface area (Å²) in [5, 5.41) is 40.3. The van der Waals surface area contributed by atoms with E-state index >= 15 is 0 Å². The number of carboxylic acids is 3. The van der Waals surface area contributed by atoms with Crippen LogP contribution in [0.15, 0.2) is 82.3 Å². The quantitative estimate of drug-likeness (QED) is 0.0402. The third-order valence-corrected chi connectivity index (χ3v) is 12.3. The predicted octanol–water partition coefficient (Wildman–Crippen LogP) is 0.255. The Morgan fingerprint density at radius 2 is 1.31 bits per heavy atom. The molecule has 0 saturated carbocycles. The summed E-state index contributed by atoms with van der Waals surface area (Å²) in [7, 11) is -4.55. The molecule has 4 aromatic rings. The number of nitrogens with two attached hydrogens (primary N) is 1. The van der Waals surface area contributed by atoms with E-state index in [4.69, 9.17) is 10.8 Å². The van der Waals surface area contributed by atoms with Gasteiger partial charge in [0, 0.05) is 47.3 Å². The zero-order chi connectivity index (χ0) is 50.3. The Morgan fingerprint density at radius 1 is 0.706 bits per heavy atom. The van der Waals surface area contributed by atoms with Gasteiger partial charge in [0.05, 0.1) is 17.9 Å². The van der Waals surface area contributed by atoms with Gasteiger partial charge in [-0.05, 0) is 72.9 Å². The first-order chi connectivity index (χ1) is 32.0. The minimum absolute atomic E-state index is 0.188. The molecule has 0 unspecified atom stereocenters. The Kier molecular flexibility index (Phi) is 19.2. The van der Waals surface area contributed by atoms with E-state index in [9.17, 15) is 66.2 Å². The number of nitrogens with one attached hydrogen (secondary N) is 7. The molecule has 25 heteroatoms. The molecule has 6 amide bonds. The second kappa shape index (κ2) is 24.5. The molecule has 0 radical (unpaired) electrons. The summed E-state index contributed by atoms with van der Waals surface area (Å²) in [6.07, 6.45) is -2.43. The fourth-order valence-corrected chi connectivity index (χ4v) is 8.71. The summed E-state index contributed by atoms with van der Waals surface area (Å²) in [5.74, 6) is -11.6. The number of aliphatic carboxylic acids is 3. The number of hydrogen-bond acceptors (Lipinski definition) is 11. The molecule has 0 fully saturated rings. The van der Waals surface area contributed by atoms with Crippen LogP contribution in [-0.2, 0) is 66.0 Å². The SMILES string of the molecule is Cc1cc(Br)ccc1S(=O)(=O)N[C@H](CC(=O)O)C(=O)N[C@@H](CCC(=O)O)C(=O)NCC(=O)N[C@@H](Cc1cccc(F)c1)C(=O)N[C@@H](Cc1c[nH]c2ccccc12)C(=O)N[C@@H](CCC(=O)O)C(N)=O. The molecular formula is C43H48BrFN8O14S. The molecule has 3 aromatic carbocycles. The first-order valence-electron chi connectivity index (χ1n) is 20.5. The fraction of sp³-hybridized carbons (Fsp3) is 0.326. The third-order valence-electron chi connectivity index (χ3n) is 10.1. The Hall–Kier alpha value is -7.25. The second-order valence-corrected chi connectivity index (χ2v) is 18.0. The number of benzene rings is 3. The molecule has 1 heterocycles. The van der Waals surface area contributed by atoms with Gasteiger partial charge in [-0.3, -0.25) is 43.2 Å². The Balaban J connectivity index is 1.56. The fourth-order valence-electron chi connectivity index (χ4n) is 6.81. The van der Waals surface area contributed by atoms with E-state index in [-0.39, 0.29) is 28.9 Å². The molecule has 364 valence electrons. The van der Waals surface area contributed by atoms with Crippen molar-refractivity contribution in [1.82, 2.24) is 36.3 Å². The number of aryl methyl sites for hydroxylation is 1. The monoisotopic (exact) mass is 1030 g/mol. The van der Waals surface area contributed by atoms with Crippen LogP contribution in [0.25, 0.3) is 10.9 Å². The van der Waals surface area contributed by atoms with Crippen molar-refractivity contribution in [3.05, 3.63) is 99.9 Å². The second-order valence-electron chi connectivity index (χ2n) is 15.4. The minimum Gasteiger partial charge on any atom is -0.481 e. The van der Waals surface area contributed by atoms with Crippen molar-refractivity contribution < 1.29 is 71.3 Å². The van der Waals surface area contributed by atoms with Gasteiger partial charge in [-0.1, -0.05) is 46.3 Å². The highest BCUT2D eigenvalue weighted by molar-refractivity contribution is 9.10. The lowest BCUT2D eigenvalue weighted by atomic mass is 10.0. The normalized spacial score (nSPS) is 13.5. The van der Waals surface area contributed by atoms with Crippen molar-refractivity contribution in [2.45, 2.75) is 87.0 Å². The summed E-state index contributed by atoms with van der Waals surface area (Å²) >= 11 is 3.20. The first-order valence-corrected chi connectivity index (χ1v) is 22.8. The smallest absolute Gasteiger partial charge is 0.305 e. The standard InChI is InChI=1S/C43H48BrFN8O14S/c1-22-15-25(44)9-12-34(22)68(66,67)53-33(19-38(59)60)43(65)51-30(11-14-37(57)58)40(62)48-21-35(54)49-31(17-23-5-4-6-26(45)16-23)41(63)52-32(18-24-20-47-28-8-3-2-7-27(24)28)42(64)50-29(39(46)61)10-13-36(55)56/h2-9,12,15-16,20,29-33,47,53H,10-11,13-14,17-19,21H2,1H3,(H2,46,61)(H,48,62)(H,49,54)(H,50,64)(H,51,65)(H,52,63)(H,55,56)(H,57,58)(H,59,60)/t29-,30-,31-,32-,33+/m0/s1. The maximum absolute atomic E-state index is 14.3. The van der Waals surface area contributed by atoms with Gasteiger partial charge in [0.25, 0.3) is 0 Å². The maximum atomic E-state index is 14.3. The summed E-state index contributed by atoms with van der Waals surface area (Å²) < 4.78 is 43.4. The summed E-state index contributed by atoms with van der Waals surface area (Å²) in [5.41, 5.74) is 7.05. The van der Waals surface area contributed by atoms with Crippen molar-refractivity contribution in [2.75, 3.05) is 6.54 Å². The third kappa shape index (κ3) is 16.3. The van der Waals surface area contributed by atoms with Crippen LogP contribution in [0.2, 0.25) is 0 Å². The van der Waals surface area contributed by atoms with E-state index < -0.39 is 138 Å². The number of sulfonamides is 1. The molecule has 0 saturated heterocycles. The molecule has 0 bridgehead atoms. The maximum Gasteiger partial charge on any atom is 0.305 e. The summed E-state index contributed by atoms with van der Waals surface area (Å²) in [6, 6.07) is 7.58. The number of H-pyrrole nitrogens is 1. The number of primary amides is 1. The molecule has 0 aliphatic carbocycles. The first kappa shape index (κ1) is 53.4. The highest BCUT2D eigenvalue weighted by Crippen LogP contribution is 2.22. The average molecular weight is 1030 g/mol. The summed E-state index contributed by atoms with van der Waals surface area (Å²) in [6.45, 7) is 0.505. The van der Waals surface area contributed by atoms with Crippen LogP contribution in [0.4, 0.5) is 4.39 Å². The van der Waals surface area contributed by atoms with E-state index in [1.54, 1.807) is 30.5 Å². The van der Waals surface area contributed by atoms with Crippen LogP contribution in [0.1, 0.15) is 48.8 Å². The zero-order valence-electron chi connectivity index (χ0n) is 36.0. The van der Waals surface area contributed by atoms with Gasteiger partial charge in [-0.25, -0.2) is 12.8 Å². The Labute approximate surface area is 395 Å². The van der Waals surface area contributed by atoms with E-state index in [2.05, 4.69) is 47.5 Å². The van der Waals surface area contributed by atoms with Crippen molar-refractivity contribution in [3.63, 3.8) is 0 Å². The van der Waals surface area contributed by atoms with Crippen LogP contribution in [0.3, 0.4) is 0 Å². The zero-order valence-corrected chi connectivity index (χ0v) is 38.4. The van der Waals surface area contributed by atoms with E-state index in [1.807, 2.05) is 4.72 Å². The Morgan fingerprint density at radius 3 is 1.93 bits per heavy atom. The van der Waals surface area contributed by atoms with Crippen molar-refractivity contribution in [3.8, 4) is 0 Å². The minimum atomic E-state index is -4.55. The number of hydrogen-bond donors (Lipinski definition) is 11. The molecule has 68 heavy (non-hydrogen) atoms. The van der Waals surface area contributed by atoms with E-state index in [1.165, 1.54) is 37.3 Å². The van der Waals surface area contributed by atoms with Crippen LogP contribution in [0, 0.1) is 12.7 Å². The number of aromatic nitrogens is 1. The van der Waals surface area contributed by atoms with Crippen LogP contribution in [0.5, 0.6) is 0 Å². The van der Waals surface area contributed by atoms with E-state index in [0.29, 0.717) is 20.9 Å². The molecule has 12 N–H and O–H groups in total. The number of aromatic amines is 1. The molecule has 4 rings (SSSR count). The molecule has 1 aromatic heterocycles. The number of carboxylic acid groups (broad SMARTS) is 3. The van der Waals surface area contributed by atoms with Gasteiger partial charge < -0.3 is 52.6 Å². The molecule has 22 nitrogen and oxygen atoms in total. The number of amides is 6. The van der Waals surface area contributed by atoms with Crippen molar-refractivity contribution in [2.24, 2.45) is 5.73 Å². The molecule has 0 spiro atoms. The van der Waals surface area contributed by atoms with Crippen molar-refractivity contribution >= 4 is 90.2 Å².